The molecule has 7 heteroatoms. The molecule has 0 aromatic heterocycles. The molecule has 0 spiro atoms. The lowest BCUT2D eigenvalue weighted by atomic mass is 10.2. The Balaban J connectivity index is 2.18. The van der Waals surface area contributed by atoms with Gasteiger partial charge in [-0.05, 0) is 52.9 Å². The molecule has 21 heavy (non-hydrogen) atoms. The van der Waals surface area contributed by atoms with Crippen molar-refractivity contribution in [2.45, 2.75) is 0 Å². The summed E-state index contributed by atoms with van der Waals surface area (Å²) in [6.07, 6.45) is 0. The minimum absolute atomic E-state index is 0.00721. The van der Waals surface area contributed by atoms with E-state index in [-0.39, 0.29) is 5.69 Å². The van der Waals surface area contributed by atoms with E-state index >= 15 is 0 Å². The highest BCUT2D eigenvalue weighted by atomic mass is 127. The van der Waals surface area contributed by atoms with E-state index in [1.165, 1.54) is 25.3 Å². The number of esters is 1. The van der Waals surface area contributed by atoms with Crippen LogP contribution in [0.1, 0.15) is 10.4 Å². The normalized spacial score (nSPS) is 10.0. The maximum atomic E-state index is 11.3. The SMILES string of the molecule is COC(=O)c1ccc(Oc2ccc([N+](=O)[O-])cc2I)cc1. The van der Waals surface area contributed by atoms with Gasteiger partial charge in [0.15, 0.2) is 0 Å². The number of hydrogen-bond acceptors (Lipinski definition) is 5. The first kappa shape index (κ1) is 15.2. The number of benzene rings is 2. The molecule has 2 rings (SSSR count). The number of nitro groups is 1. The molecule has 0 saturated heterocycles. The summed E-state index contributed by atoms with van der Waals surface area (Å²) in [5.41, 5.74) is 0.427. The van der Waals surface area contributed by atoms with Crippen LogP contribution in [-0.2, 0) is 4.74 Å². The number of nitro benzene ring substituents is 1. The number of rotatable bonds is 4. The van der Waals surface area contributed by atoms with Gasteiger partial charge in [0.1, 0.15) is 11.5 Å². The fraction of sp³-hybridized carbons (Fsp3) is 0.0714. The third-order valence-corrected chi connectivity index (χ3v) is 3.47. The quantitative estimate of drug-likeness (QED) is 0.339. The van der Waals surface area contributed by atoms with E-state index in [2.05, 4.69) is 4.74 Å². The van der Waals surface area contributed by atoms with Crippen LogP contribution >= 0.6 is 22.6 Å². The van der Waals surface area contributed by atoms with E-state index in [0.717, 1.165) is 0 Å². The van der Waals surface area contributed by atoms with E-state index < -0.39 is 10.9 Å². The molecule has 0 atom stereocenters. The predicted molar refractivity (Wildman–Crippen MR) is 83.7 cm³/mol. The first-order valence-corrected chi connectivity index (χ1v) is 6.89. The molecule has 0 aliphatic rings. The smallest absolute Gasteiger partial charge is 0.337 e. The van der Waals surface area contributed by atoms with Crippen LogP contribution in [0.25, 0.3) is 0 Å². The molecule has 0 saturated carbocycles. The van der Waals surface area contributed by atoms with Crippen molar-refractivity contribution in [3.63, 3.8) is 0 Å². The summed E-state index contributed by atoms with van der Waals surface area (Å²) in [7, 11) is 1.31. The van der Waals surface area contributed by atoms with E-state index in [0.29, 0.717) is 20.6 Å². The standard InChI is InChI=1S/C14H10INO5/c1-20-14(17)9-2-5-11(6-3-9)21-13-7-4-10(16(18)19)8-12(13)15/h2-8H,1H3. The van der Waals surface area contributed by atoms with E-state index in [1.54, 1.807) is 24.3 Å². The van der Waals surface area contributed by atoms with Crippen molar-refractivity contribution in [1.29, 1.82) is 0 Å². The molecule has 0 heterocycles. The topological polar surface area (TPSA) is 78.7 Å². The first-order valence-electron chi connectivity index (χ1n) is 5.81. The third-order valence-electron chi connectivity index (χ3n) is 2.63. The third kappa shape index (κ3) is 3.69. The Labute approximate surface area is 134 Å². The van der Waals surface area contributed by atoms with Crippen LogP contribution in [0.4, 0.5) is 5.69 Å². The number of carbonyl (C=O) groups is 1. The zero-order chi connectivity index (χ0) is 15.4. The minimum Gasteiger partial charge on any atom is -0.465 e. The molecule has 2 aromatic rings. The van der Waals surface area contributed by atoms with Crippen molar-refractivity contribution in [3.8, 4) is 11.5 Å². The monoisotopic (exact) mass is 399 g/mol. The van der Waals surface area contributed by atoms with Crippen LogP contribution in [0.5, 0.6) is 11.5 Å². The van der Waals surface area contributed by atoms with E-state index in [4.69, 9.17) is 4.74 Å². The lowest BCUT2D eigenvalue weighted by Gasteiger charge is -2.08. The molecule has 0 N–H and O–H groups in total. The highest BCUT2D eigenvalue weighted by Gasteiger charge is 2.11. The van der Waals surface area contributed by atoms with Crippen LogP contribution in [0.2, 0.25) is 0 Å². The highest BCUT2D eigenvalue weighted by molar-refractivity contribution is 14.1. The van der Waals surface area contributed by atoms with Crippen LogP contribution in [0.15, 0.2) is 42.5 Å². The summed E-state index contributed by atoms with van der Waals surface area (Å²) in [5, 5.41) is 10.7. The summed E-state index contributed by atoms with van der Waals surface area (Å²) in [5.74, 6) is 0.605. The van der Waals surface area contributed by atoms with Crippen molar-refractivity contribution in [1.82, 2.24) is 0 Å². The predicted octanol–water partition coefficient (Wildman–Crippen LogP) is 3.78. The zero-order valence-electron chi connectivity index (χ0n) is 10.9. The van der Waals surface area contributed by atoms with Crippen molar-refractivity contribution in [2.75, 3.05) is 7.11 Å². The fourth-order valence-corrected chi connectivity index (χ4v) is 2.20. The van der Waals surface area contributed by atoms with Crippen molar-refractivity contribution < 1.29 is 19.2 Å². The molecular weight excluding hydrogens is 389 g/mol. The van der Waals surface area contributed by atoms with Gasteiger partial charge < -0.3 is 9.47 Å². The maximum absolute atomic E-state index is 11.3. The van der Waals surface area contributed by atoms with Gasteiger partial charge in [0.05, 0.1) is 21.2 Å². The summed E-state index contributed by atoms with van der Waals surface area (Å²) < 4.78 is 10.9. The molecule has 0 aliphatic heterocycles. The molecule has 108 valence electrons. The van der Waals surface area contributed by atoms with Gasteiger partial charge in [0.2, 0.25) is 0 Å². The van der Waals surface area contributed by atoms with Crippen LogP contribution in [0, 0.1) is 13.7 Å². The molecule has 0 radical (unpaired) electrons. The number of nitrogens with zero attached hydrogens (tertiary/aromatic N) is 1. The maximum Gasteiger partial charge on any atom is 0.337 e. The molecule has 2 aromatic carbocycles. The summed E-state index contributed by atoms with van der Waals surface area (Å²) in [6, 6.07) is 10.8. The lowest BCUT2D eigenvalue weighted by Crippen LogP contribution is -2.00. The Morgan fingerprint density at radius 2 is 1.86 bits per heavy atom. The number of halogens is 1. The molecule has 0 unspecified atom stereocenters. The fourth-order valence-electron chi connectivity index (χ4n) is 1.59. The number of non-ortho nitro benzene ring substituents is 1. The van der Waals surface area contributed by atoms with Gasteiger partial charge in [-0.15, -0.1) is 0 Å². The Morgan fingerprint density at radius 1 is 1.19 bits per heavy atom. The van der Waals surface area contributed by atoms with Gasteiger partial charge >= 0.3 is 5.97 Å². The Kier molecular flexibility index (Phi) is 4.73. The minimum atomic E-state index is -0.461. The van der Waals surface area contributed by atoms with Crippen LogP contribution < -0.4 is 4.74 Å². The molecular formula is C14H10INO5. The Morgan fingerprint density at radius 3 is 2.38 bits per heavy atom. The number of ether oxygens (including phenoxy) is 2. The lowest BCUT2D eigenvalue weighted by molar-refractivity contribution is -0.385. The molecule has 0 fully saturated rings. The number of hydrogen-bond donors (Lipinski definition) is 0. The average molecular weight is 399 g/mol. The largest absolute Gasteiger partial charge is 0.465 e. The molecule has 0 bridgehead atoms. The van der Waals surface area contributed by atoms with Gasteiger partial charge in [-0.3, -0.25) is 10.1 Å². The summed E-state index contributed by atoms with van der Waals surface area (Å²) >= 11 is 1.97. The Bertz CT molecular complexity index is 684. The van der Waals surface area contributed by atoms with Crippen molar-refractivity contribution in [3.05, 3.63) is 61.7 Å². The number of methoxy groups -OCH3 is 1. The van der Waals surface area contributed by atoms with Crippen molar-refractivity contribution in [2.24, 2.45) is 0 Å². The molecule has 0 aliphatic carbocycles. The molecule has 0 amide bonds. The average Bonchev–Trinajstić information content (AvgIpc) is 2.49. The van der Waals surface area contributed by atoms with Gasteiger partial charge in [-0.25, -0.2) is 4.79 Å². The second-order valence-corrected chi connectivity index (χ2v) is 5.15. The summed E-state index contributed by atoms with van der Waals surface area (Å²) in [4.78, 5) is 21.5. The van der Waals surface area contributed by atoms with E-state index in [9.17, 15) is 14.9 Å². The van der Waals surface area contributed by atoms with Crippen LogP contribution in [-0.4, -0.2) is 18.0 Å². The van der Waals surface area contributed by atoms with Gasteiger partial charge in [0.25, 0.3) is 5.69 Å². The second-order valence-electron chi connectivity index (χ2n) is 3.99. The summed E-state index contributed by atoms with van der Waals surface area (Å²) in [6.45, 7) is 0. The zero-order valence-corrected chi connectivity index (χ0v) is 13.1. The molecule has 6 nitrogen and oxygen atoms in total. The van der Waals surface area contributed by atoms with Crippen LogP contribution in [0.3, 0.4) is 0 Å². The Hall–Kier alpha value is -2.16. The number of carbonyl (C=O) groups excluding carboxylic acids is 1. The first-order chi connectivity index (χ1) is 10.0. The van der Waals surface area contributed by atoms with Gasteiger partial charge in [-0.1, -0.05) is 0 Å². The van der Waals surface area contributed by atoms with Gasteiger partial charge in [0, 0.05) is 12.1 Å². The van der Waals surface area contributed by atoms with E-state index in [1.807, 2.05) is 22.6 Å². The second kappa shape index (κ2) is 6.53. The van der Waals surface area contributed by atoms with Crippen molar-refractivity contribution >= 4 is 34.2 Å². The van der Waals surface area contributed by atoms with Gasteiger partial charge in [-0.2, -0.15) is 0 Å². The highest BCUT2D eigenvalue weighted by Crippen LogP contribution is 2.29.